The Morgan fingerprint density at radius 1 is 1.19 bits per heavy atom. The topological polar surface area (TPSA) is 21.3 Å². The van der Waals surface area contributed by atoms with E-state index in [9.17, 15) is 0 Å². The molecule has 1 aliphatic rings. The van der Waals surface area contributed by atoms with E-state index in [-0.39, 0.29) is 5.41 Å². The molecule has 21 heavy (non-hydrogen) atoms. The van der Waals surface area contributed by atoms with E-state index in [1.165, 1.54) is 25.7 Å². The lowest BCUT2D eigenvalue weighted by Gasteiger charge is -2.39. The van der Waals surface area contributed by atoms with Gasteiger partial charge in [-0.2, -0.15) is 0 Å². The molecule has 1 rings (SSSR count). The van der Waals surface area contributed by atoms with Crippen molar-refractivity contribution in [3.8, 4) is 0 Å². The first-order valence-electron chi connectivity index (χ1n) is 9.10. The van der Waals surface area contributed by atoms with Crippen molar-refractivity contribution in [1.29, 1.82) is 0 Å². The third-order valence-corrected chi connectivity index (χ3v) is 5.12. The summed E-state index contributed by atoms with van der Waals surface area (Å²) in [6.45, 7) is 18.2. The molecule has 0 amide bonds. The second-order valence-corrected chi connectivity index (χ2v) is 8.57. The molecule has 0 radical (unpaired) electrons. The van der Waals surface area contributed by atoms with Gasteiger partial charge in [0, 0.05) is 6.04 Å². The Hall–Kier alpha value is -0.0800. The van der Waals surface area contributed by atoms with E-state index < -0.39 is 0 Å². The standard InChI is InChI=1S/C19H39NO/c1-8-11-20-18(19(5,6)7)13-21-17-12-15(4)9-10-16(17)14(2)3/h14-18,20H,8-13H2,1-7H3. The van der Waals surface area contributed by atoms with Gasteiger partial charge >= 0.3 is 0 Å². The first-order valence-corrected chi connectivity index (χ1v) is 9.10. The molecule has 2 heteroatoms. The molecule has 1 N–H and O–H groups in total. The highest BCUT2D eigenvalue weighted by Gasteiger charge is 2.33. The molecule has 1 fully saturated rings. The summed E-state index contributed by atoms with van der Waals surface area (Å²) < 4.78 is 6.45. The van der Waals surface area contributed by atoms with Crippen molar-refractivity contribution < 1.29 is 4.74 Å². The van der Waals surface area contributed by atoms with Crippen LogP contribution in [-0.2, 0) is 4.74 Å². The molecule has 2 nitrogen and oxygen atoms in total. The lowest BCUT2D eigenvalue weighted by molar-refractivity contribution is -0.0554. The third kappa shape index (κ3) is 6.28. The molecule has 1 saturated carbocycles. The van der Waals surface area contributed by atoms with Crippen LogP contribution < -0.4 is 5.32 Å². The average molecular weight is 298 g/mol. The highest BCUT2D eigenvalue weighted by molar-refractivity contribution is 4.84. The Morgan fingerprint density at radius 2 is 1.86 bits per heavy atom. The van der Waals surface area contributed by atoms with Crippen LogP contribution in [0.25, 0.3) is 0 Å². The number of ether oxygens (including phenoxy) is 1. The van der Waals surface area contributed by atoms with Gasteiger partial charge in [0.25, 0.3) is 0 Å². The zero-order valence-corrected chi connectivity index (χ0v) is 15.5. The SMILES string of the molecule is CCCNC(COC1CC(C)CCC1C(C)C)C(C)(C)C. The van der Waals surface area contributed by atoms with Crippen molar-refractivity contribution in [2.24, 2.45) is 23.2 Å². The summed E-state index contributed by atoms with van der Waals surface area (Å²) in [6.07, 6.45) is 5.60. The van der Waals surface area contributed by atoms with Gasteiger partial charge in [-0.05, 0) is 49.0 Å². The van der Waals surface area contributed by atoms with Gasteiger partial charge in [-0.15, -0.1) is 0 Å². The second kappa shape index (κ2) is 8.53. The molecule has 0 aromatic carbocycles. The Morgan fingerprint density at radius 3 is 2.38 bits per heavy atom. The van der Waals surface area contributed by atoms with Crippen LogP contribution in [0.2, 0.25) is 0 Å². The van der Waals surface area contributed by atoms with Crippen molar-refractivity contribution in [3.05, 3.63) is 0 Å². The normalized spacial score (nSPS) is 28.9. The molecule has 0 aromatic rings. The smallest absolute Gasteiger partial charge is 0.0628 e. The zero-order valence-electron chi connectivity index (χ0n) is 15.5. The Balaban J connectivity index is 2.58. The van der Waals surface area contributed by atoms with Crippen LogP contribution in [0.3, 0.4) is 0 Å². The molecule has 1 aliphatic carbocycles. The fourth-order valence-electron chi connectivity index (χ4n) is 3.46. The van der Waals surface area contributed by atoms with E-state index in [1.807, 2.05) is 0 Å². The number of hydrogen-bond donors (Lipinski definition) is 1. The zero-order chi connectivity index (χ0) is 16.0. The van der Waals surface area contributed by atoms with Gasteiger partial charge in [-0.3, -0.25) is 0 Å². The monoisotopic (exact) mass is 297 g/mol. The van der Waals surface area contributed by atoms with Crippen LogP contribution >= 0.6 is 0 Å². The molecule has 0 aliphatic heterocycles. The van der Waals surface area contributed by atoms with Crippen molar-refractivity contribution in [2.75, 3.05) is 13.2 Å². The molecule has 0 saturated heterocycles. The van der Waals surface area contributed by atoms with Gasteiger partial charge in [0.1, 0.15) is 0 Å². The highest BCUT2D eigenvalue weighted by Crippen LogP contribution is 2.35. The van der Waals surface area contributed by atoms with E-state index >= 15 is 0 Å². The summed E-state index contributed by atoms with van der Waals surface area (Å²) in [5.74, 6) is 2.30. The van der Waals surface area contributed by atoms with Crippen LogP contribution in [0.4, 0.5) is 0 Å². The van der Waals surface area contributed by atoms with Gasteiger partial charge in [-0.25, -0.2) is 0 Å². The van der Waals surface area contributed by atoms with Crippen molar-refractivity contribution in [2.45, 2.75) is 86.3 Å². The van der Waals surface area contributed by atoms with E-state index in [4.69, 9.17) is 4.74 Å². The predicted octanol–water partition coefficient (Wildman–Crippen LogP) is 4.88. The maximum atomic E-state index is 6.45. The second-order valence-electron chi connectivity index (χ2n) is 8.57. The van der Waals surface area contributed by atoms with Crippen LogP contribution in [-0.4, -0.2) is 25.3 Å². The van der Waals surface area contributed by atoms with Gasteiger partial charge in [-0.1, -0.05) is 54.9 Å². The predicted molar refractivity (Wildman–Crippen MR) is 92.6 cm³/mol. The largest absolute Gasteiger partial charge is 0.376 e. The average Bonchev–Trinajstić information content (AvgIpc) is 2.36. The summed E-state index contributed by atoms with van der Waals surface area (Å²) in [5, 5.41) is 3.68. The van der Waals surface area contributed by atoms with E-state index in [0.29, 0.717) is 12.1 Å². The van der Waals surface area contributed by atoms with Crippen LogP contribution in [0, 0.1) is 23.2 Å². The van der Waals surface area contributed by atoms with E-state index in [1.54, 1.807) is 0 Å². The maximum Gasteiger partial charge on any atom is 0.0628 e. The van der Waals surface area contributed by atoms with Crippen LogP contribution in [0.15, 0.2) is 0 Å². The fraction of sp³-hybridized carbons (Fsp3) is 1.00. The fourth-order valence-corrected chi connectivity index (χ4v) is 3.46. The molecule has 4 atom stereocenters. The molecule has 0 heterocycles. The number of rotatable bonds is 7. The van der Waals surface area contributed by atoms with Crippen LogP contribution in [0.5, 0.6) is 0 Å². The molecule has 0 spiro atoms. The van der Waals surface area contributed by atoms with Crippen molar-refractivity contribution in [1.82, 2.24) is 5.32 Å². The molecular weight excluding hydrogens is 258 g/mol. The molecule has 4 unspecified atom stereocenters. The van der Waals surface area contributed by atoms with Crippen molar-refractivity contribution >= 4 is 0 Å². The van der Waals surface area contributed by atoms with E-state index in [0.717, 1.165) is 30.9 Å². The molecule has 126 valence electrons. The maximum absolute atomic E-state index is 6.45. The molecular formula is C19H39NO. The minimum atomic E-state index is 0.253. The molecule has 0 aromatic heterocycles. The summed E-state index contributed by atoms with van der Waals surface area (Å²) in [6, 6.07) is 0.447. The Bertz CT molecular complexity index is 282. The van der Waals surface area contributed by atoms with Crippen molar-refractivity contribution in [3.63, 3.8) is 0 Å². The lowest BCUT2D eigenvalue weighted by Crippen LogP contribution is -2.46. The van der Waals surface area contributed by atoms with Gasteiger partial charge in [0.2, 0.25) is 0 Å². The highest BCUT2D eigenvalue weighted by atomic mass is 16.5. The first-order chi connectivity index (χ1) is 9.75. The van der Waals surface area contributed by atoms with Gasteiger partial charge < -0.3 is 10.1 Å². The summed E-state index contributed by atoms with van der Waals surface area (Å²) in [4.78, 5) is 0. The van der Waals surface area contributed by atoms with E-state index in [2.05, 4.69) is 53.8 Å². The first kappa shape index (κ1) is 19.0. The Labute approximate surface area is 133 Å². The van der Waals surface area contributed by atoms with Gasteiger partial charge in [0.15, 0.2) is 0 Å². The minimum Gasteiger partial charge on any atom is -0.376 e. The summed E-state index contributed by atoms with van der Waals surface area (Å²) in [7, 11) is 0. The van der Waals surface area contributed by atoms with Gasteiger partial charge in [0.05, 0.1) is 12.7 Å². The Kier molecular flexibility index (Phi) is 7.70. The number of nitrogens with one attached hydrogen (secondary N) is 1. The lowest BCUT2D eigenvalue weighted by atomic mass is 9.75. The van der Waals surface area contributed by atoms with Crippen LogP contribution in [0.1, 0.15) is 74.1 Å². The summed E-state index contributed by atoms with van der Waals surface area (Å²) in [5.41, 5.74) is 0.253. The number of hydrogen-bond acceptors (Lipinski definition) is 2. The third-order valence-electron chi connectivity index (χ3n) is 5.12. The quantitative estimate of drug-likeness (QED) is 0.723. The minimum absolute atomic E-state index is 0.253. The summed E-state index contributed by atoms with van der Waals surface area (Å²) >= 11 is 0. The molecule has 0 bridgehead atoms.